The van der Waals surface area contributed by atoms with Crippen molar-refractivity contribution in [3.05, 3.63) is 34.9 Å². The second kappa shape index (κ2) is 9.70. The minimum Gasteiger partial charge on any atom is -0.481 e. The molecule has 12 heteroatoms. The van der Waals surface area contributed by atoms with Gasteiger partial charge < -0.3 is 10.2 Å². The molecule has 0 aliphatic rings. The van der Waals surface area contributed by atoms with Crippen molar-refractivity contribution in [2.24, 2.45) is 5.92 Å². The Morgan fingerprint density at radius 1 is 1.15 bits per heavy atom. The zero-order chi connectivity index (χ0) is 20.9. The molecule has 150 valence electrons. The van der Waals surface area contributed by atoms with Gasteiger partial charge in [0.15, 0.2) is 35.6 Å². The normalized spacial score (nSPS) is 15.1. The van der Waals surface area contributed by atoms with Crippen LogP contribution < -0.4 is 0 Å². The lowest BCUT2D eigenvalue weighted by molar-refractivity contribution is -0.142. The smallest absolute Gasteiger partial charge is 0.481 e. The van der Waals surface area contributed by atoms with Crippen LogP contribution >= 0.6 is 8.03 Å². The molecule has 0 amide bonds. The number of halogens is 5. The molecule has 0 saturated heterocycles. The molecule has 0 aliphatic heterocycles. The number of benzene rings is 1. The molecule has 1 aromatic carbocycles. The fourth-order valence-corrected chi connectivity index (χ4v) is 3.36. The number of carboxylic acid groups (broad SMARTS) is 2. The summed E-state index contributed by atoms with van der Waals surface area (Å²) in [5, 5.41) is 17.5. The van der Waals surface area contributed by atoms with Crippen molar-refractivity contribution in [1.29, 1.82) is 0 Å². The molecule has 0 fully saturated rings. The number of hydrogen-bond acceptors (Lipinski definition) is 4. The second-order valence-electron chi connectivity index (χ2n) is 5.58. The van der Waals surface area contributed by atoms with Crippen LogP contribution in [-0.4, -0.2) is 34.4 Å². The van der Waals surface area contributed by atoms with Gasteiger partial charge in [0.25, 0.3) is 0 Å². The SMILES string of the molecule is CC(O[P+](=O)CC(CCC(=O)O)C(=O)O)C(F)c1cc(F)c(F)c(F)c1F. The molecule has 4 unspecified atom stereocenters. The Labute approximate surface area is 150 Å². The summed E-state index contributed by atoms with van der Waals surface area (Å²) < 4.78 is 83.7. The number of alkyl halides is 1. The number of carboxylic acids is 2. The number of rotatable bonds is 10. The Morgan fingerprint density at radius 2 is 1.74 bits per heavy atom. The van der Waals surface area contributed by atoms with Gasteiger partial charge in [-0.1, -0.05) is 0 Å². The second-order valence-corrected chi connectivity index (χ2v) is 6.83. The molecular weight excluding hydrogens is 402 g/mol. The summed E-state index contributed by atoms with van der Waals surface area (Å²) in [5.74, 6) is -12.2. The molecule has 1 rings (SSSR count). The predicted octanol–water partition coefficient (Wildman–Crippen LogP) is 3.97. The van der Waals surface area contributed by atoms with E-state index in [-0.39, 0.29) is 12.5 Å². The Hall–Kier alpha value is -2.13. The van der Waals surface area contributed by atoms with Gasteiger partial charge in [-0.2, -0.15) is 0 Å². The van der Waals surface area contributed by atoms with Gasteiger partial charge in [-0.25, -0.2) is 22.0 Å². The van der Waals surface area contributed by atoms with Gasteiger partial charge in [-0.05, 0) is 24.0 Å². The van der Waals surface area contributed by atoms with Crippen molar-refractivity contribution in [2.45, 2.75) is 32.0 Å². The van der Waals surface area contributed by atoms with Crippen LogP contribution in [0.1, 0.15) is 31.5 Å². The van der Waals surface area contributed by atoms with Crippen LogP contribution in [0, 0.1) is 29.2 Å². The van der Waals surface area contributed by atoms with Gasteiger partial charge in [-0.15, -0.1) is 4.52 Å². The Kier molecular flexibility index (Phi) is 8.23. The van der Waals surface area contributed by atoms with E-state index in [1.165, 1.54) is 0 Å². The van der Waals surface area contributed by atoms with Crippen LogP contribution in [0.3, 0.4) is 0 Å². The highest BCUT2D eigenvalue weighted by Gasteiger charge is 2.36. The lowest BCUT2D eigenvalue weighted by Crippen LogP contribution is -2.20. The summed E-state index contributed by atoms with van der Waals surface area (Å²) in [4.78, 5) is 21.5. The molecule has 1 aromatic rings. The van der Waals surface area contributed by atoms with Crippen molar-refractivity contribution in [1.82, 2.24) is 0 Å². The molecule has 0 spiro atoms. The fraction of sp³-hybridized carbons (Fsp3) is 0.467. The van der Waals surface area contributed by atoms with Gasteiger partial charge in [0.2, 0.25) is 0 Å². The number of carbonyl (C=O) groups is 2. The maximum Gasteiger partial charge on any atom is 0.509 e. The van der Waals surface area contributed by atoms with Crippen molar-refractivity contribution in [2.75, 3.05) is 6.16 Å². The van der Waals surface area contributed by atoms with Crippen molar-refractivity contribution in [3.8, 4) is 0 Å². The molecule has 0 heterocycles. The van der Waals surface area contributed by atoms with Crippen molar-refractivity contribution < 1.29 is 50.8 Å². The summed E-state index contributed by atoms with van der Waals surface area (Å²) >= 11 is 0. The maximum absolute atomic E-state index is 14.2. The highest BCUT2D eigenvalue weighted by Crippen LogP contribution is 2.36. The monoisotopic (exact) mass is 417 g/mol. The zero-order valence-corrected chi connectivity index (χ0v) is 14.7. The van der Waals surface area contributed by atoms with E-state index >= 15 is 0 Å². The van der Waals surface area contributed by atoms with Gasteiger partial charge in [0.1, 0.15) is 12.0 Å². The number of aliphatic carboxylic acids is 2. The molecule has 0 aliphatic carbocycles. The average molecular weight is 417 g/mol. The average Bonchev–Trinajstić information content (AvgIpc) is 2.58. The van der Waals surface area contributed by atoms with Crippen LogP contribution in [0.5, 0.6) is 0 Å². The van der Waals surface area contributed by atoms with Crippen LogP contribution in [-0.2, 0) is 18.7 Å². The van der Waals surface area contributed by atoms with E-state index in [9.17, 15) is 36.1 Å². The first-order chi connectivity index (χ1) is 12.5. The molecule has 0 bridgehead atoms. The summed E-state index contributed by atoms with van der Waals surface area (Å²) in [7, 11) is -2.82. The first-order valence-electron chi connectivity index (χ1n) is 7.48. The maximum atomic E-state index is 14.2. The molecule has 6 nitrogen and oxygen atoms in total. The largest absolute Gasteiger partial charge is 0.509 e. The van der Waals surface area contributed by atoms with Crippen molar-refractivity contribution in [3.63, 3.8) is 0 Å². The third-order valence-corrected chi connectivity index (χ3v) is 4.86. The standard InChI is InChI=1S/C15H14F5O6P/c1-6(11(17)8-4-9(16)13(19)14(20)12(8)18)26-27(25)5-7(15(23)24)2-3-10(21)22/h4,6-7,11H,2-3,5H2,1H3,(H-,21,22,23,24)/p+1. The Morgan fingerprint density at radius 3 is 2.26 bits per heavy atom. The van der Waals surface area contributed by atoms with E-state index in [0.717, 1.165) is 6.92 Å². The Bertz CT molecular complexity index is 744. The topological polar surface area (TPSA) is 101 Å². The molecule has 0 radical (unpaired) electrons. The van der Waals surface area contributed by atoms with E-state index < -0.39 is 79.6 Å². The van der Waals surface area contributed by atoms with E-state index in [0.29, 0.717) is 0 Å². The highest BCUT2D eigenvalue weighted by molar-refractivity contribution is 7.39. The van der Waals surface area contributed by atoms with Gasteiger partial charge >= 0.3 is 20.0 Å². The Balaban J connectivity index is 2.82. The molecule has 4 atom stereocenters. The molecule has 0 aromatic heterocycles. The summed E-state index contributed by atoms with van der Waals surface area (Å²) in [5.41, 5.74) is -1.19. The van der Waals surface area contributed by atoms with Crippen LogP contribution in [0.2, 0.25) is 0 Å². The van der Waals surface area contributed by atoms with E-state index in [4.69, 9.17) is 14.7 Å². The quantitative estimate of drug-likeness (QED) is 0.259. The highest BCUT2D eigenvalue weighted by atomic mass is 31.1. The van der Waals surface area contributed by atoms with Gasteiger partial charge in [-0.3, -0.25) is 9.59 Å². The van der Waals surface area contributed by atoms with E-state index in [1.807, 2.05) is 0 Å². The minimum absolute atomic E-state index is 0.0955. The summed E-state index contributed by atoms with van der Waals surface area (Å²) in [6.45, 7) is 0.948. The third-order valence-electron chi connectivity index (χ3n) is 3.55. The van der Waals surface area contributed by atoms with Crippen LogP contribution in [0.4, 0.5) is 22.0 Å². The predicted molar refractivity (Wildman–Crippen MR) is 81.1 cm³/mol. The lowest BCUT2D eigenvalue weighted by atomic mass is 10.1. The lowest BCUT2D eigenvalue weighted by Gasteiger charge is -2.14. The molecular formula is C15H15F5O6P+. The third kappa shape index (κ3) is 6.21. The first-order valence-corrected chi connectivity index (χ1v) is 8.84. The molecule has 0 saturated carbocycles. The van der Waals surface area contributed by atoms with E-state index in [2.05, 4.69) is 0 Å². The zero-order valence-electron chi connectivity index (χ0n) is 13.8. The van der Waals surface area contributed by atoms with Crippen LogP contribution in [0.25, 0.3) is 0 Å². The first kappa shape index (κ1) is 22.9. The minimum atomic E-state index is -2.82. The van der Waals surface area contributed by atoms with Crippen molar-refractivity contribution >= 4 is 20.0 Å². The fourth-order valence-electron chi connectivity index (χ4n) is 2.10. The summed E-state index contributed by atoms with van der Waals surface area (Å²) in [6.07, 6.45) is -5.77. The summed E-state index contributed by atoms with van der Waals surface area (Å²) in [6, 6.07) is 0.0955. The molecule has 2 N–H and O–H groups in total. The van der Waals surface area contributed by atoms with E-state index in [1.54, 1.807) is 0 Å². The molecule has 27 heavy (non-hydrogen) atoms. The van der Waals surface area contributed by atoms with Gasteiger partial charge in [0.05, 0.1) is 0 Å². The number of hydrogen-bond donors (Lipinski definition) is 2. The van der Waals surface area contributed by atoms with Gasteiger partial charge in [0, 0.05) is 12.0 Å². The van der Waals surface area contributed by atoms with Crippen LogP contribution in [0.15, 0.2) is 6.07 Å².